The van der Waals surface area contributed by atoms with Crippen LogP contribution >= 0.6 is 11.8 Å². The Balaban J connectivity index is 1.23. The van der Waals surface area contributed by atoms with Crippen LogP contribution in [0.15, 0.2) is 94.5 Å². The number of hydrazone groups is 1. The van der Waals surface area contributed by atoms with E-state index in [4.69, 9.17) is 14.9 Å². The summed E-state index contributed by atoms with van der Waals surface area (Å²) in [6, 6.07) is 24.8. The maximum absolute atomic E-state index is 12.7. The van der Waals surface area contributed by atoms with Crippen LogP contribution in [0.1, 0.15) is 16.7 Å². The number of aryl methyl sites for hydroxylation is 1. The number of amides is 1. The van der Waals surface area contributed by atoms with Crippen LogP contribution in [0, 0.1) is 12.3 Å². The molecule has 2 aliphatic rings. The molecule has 1 amide bonds. The molecule has 0 aliphatic carbocycles. The van der Waals surface area contributed by atoms with Crippen molar-refractivity contribution in [3.05, 3.63) is 101 Å². The van der Waals surface area contributed by atoms with Gasteiger partial charge in [0.15, 0.2) is 5.84 Å². The third-order valence-corrected chi connectivity index (χ3v) is 6.33. The minimum atomic E-state index is -0.452. The van der Waals surface area contributed by atoms with Gasteiger partial charge in [0.1, 0.15) is 29.8 Å². The number of fused-ring (bicyclic) bond motifs is 1. The first-order chi connectivity index (χ1) is 17.1. The zero-order valence-electron chi connectivity index (χ0n) is 19.0. The molecule has 8 heteroatoms. The molecule has 0 saturated heterocycles. The smallest absolute Gasteiger partial charge is 0.283 e. The summed E-state index contributed by atoms with van der Waals surface area (Å²) in [6.07, 6.45) is 1.65. The molecular weight excluding hydrogens is 460 g/mol. The lowest BCUT2D eigenvalue weighted by Crippen LogP contribution is -2.35. The fourth-order valence-electron chi connectivity index (χ4n) is 3.55. The maximum Gasteiger partial charge on any atom is 0.283 e. The number of para-hydroxylation sites is 1. The van der Waals surface area contributed by atoms with Gasteiger partial charge >= 0.3 is 0 Å². The molecule has 0 fully saturated rings. The van der Waals surface area contributed by atoms with Crippen molar-refractivity contribution in [1.29, 1.82) is 5.41 Å². The molecule has 0 atom stereocenters. The average molecular weight is 483 g/mol. The van der Waals surface area contributed by atoms with Crippen LogP contribution in [0.5, 0.6) is 11.5 Å². The van der Waals surface area contributed by atoms with E-state index in [1.54, 1.807) is 6.08 Å². The molecule has 7 nitrogen and oxygen atoms in total. The van der Waals surface area contributed by atoms with Crippen molar-refractivity contribution < 1.29 is 14.3 Å². The van der Waals surface area contributed by atoms with Gasteiger partial charge in [-0.05, 0) is 54.1 Å². The fourth-order valence-corrected chi connectivity index (χ4v) is 4.44. The molecule has 0 unspecified atom stereocenters. The molecule has 174 valence electrons. The lowest BCUT2D eigenvalue weighted by atomic mass is 10.1. The van der Waals surface area contributed by atoms with Crippen LogP contribution in [0.25, 0.3) is 6.08 Å². The second-order valence-corrected chi connectivity index (χ2v) is 8.78. The molecule has 3 aromatic carbocycles. The molecule has 5 rings (SSSR count). The van der Waals surface area contributed by atoms with Gasteiger partial charge in [0.25, 0.3) is 5.91 Å². The number of carbonyl (C=O) groups excluding carboxylic acids is 1. The highest BCUT2D eigenvalue weighted by Crippen LogP contribution is 2.31. The summed E-state index contributed by atoms with van der Waals surface area (Å²) in [5.74, 6) is 1.10. The average Bonchev–Trinajstić information content (AvgIpc) is 3.31. The summed E-state index contributed by atoms with van der Waals surface area (Å²) in [6.45, 7) is 2.84. The molecule has 0 radical (unpaired) electrons. The first-order valence-electron chi connectivity index (χ1n) is 11.1. The normalized spacial score (nSPS) is 16.1. The van der Waals surface area contributed by atoms with Gasteiger partial charge in [-0.1, -0.05) is 60.7 Å². The Morgan fingerprint density at radius 3 is 2.43 bits per heavy atom. The number of nitrogens with zero attached hydrogens (tertiary/aromatic N) is 3. The molecule has 2 aliphatic heterocycles. The Labute approximate surface area is 207 Å². The molecule has 0 saturated carbocycles. The predicted octanol–water partition coefficient (Wildman–Crippen LogP) is 5.12. The summed E-state index contributed by atoms with van der Waals surface area (Å²) in [4.78, 5) is 16.8. The summed E-state index contributed by atoms with van der Waals surface area (Å²) in [7, 11) is 0. The van der Waals surface area contributed by atoms with Crippen molar-refractivity contribution in [2.45, 2.75) is 6.92 Å². The van der Waals surface area contributed by atoms with Gasteiger partial charge in [-0.15, -0.1) is 0 Å². The number of hydrogen-bond donors (Lipinski definition) is 1. The van der Waals surface area contributed by atoms with E-state index < -0.39 is 5.91 Å². The highest BCUT2D eigenvalue weighted by molar-refractivity contribution is 8.27. The number of aliphatic imine (C=N–C) groups is 1. The number of carbonyl (C=O) groups is 1. The van der Waals surface area contributed by atoms with E-state index in [-0.39, 0.29) is 11.4 Å². The van der Waals surface area contributed by atoms with E-state index in [1.165, 1.54) is 16.8 Å². The molecule has 0 aromatic heterocycles. The first kappa shape index (κ1) is 22.6. The maximum atomic E-state index is 12.7. The Morgan fingerprint density at radius 1 is 0.943 bits per heavy atom. The molecule has 0 bridgehead atoms. The number of benzene rings is 3. The van der Waals surface area contributed by atoms with Crippen molar-refractivity contribution in [1.82, 2.24) is 5.01 Å². The third-order valence-electron chi connectivity index (χ3n) is 5.37. The molecule has 1 N–H and O–H groups in total. The highest BCUT2D eigenvalue weighted by Gasteiger charge is 2.35. The van der Waals surface area contributed by atoms with E-state index in [0.29, 0.717) is 29.2 Å². The second kappa shape index (κ2) is 9.99. The summed E-state index contributed by atoms with van der Waals surface area (Å²) in [5, 5.41) is 15.6. The molecule has 35 heavy (non-hydrogen) atoms. The van der Waals surface area contributed by atoms with Crippen LogP contribution in [0.3, 0.4) is 0 Å². The topological polar surface area (TPSA) is 87.3 Å². The monoisotopic (exact) mass is 482 g/mol. The minimum Gasteiger partial charge on any atom is -0.490 e. The quantitative estimate of drug-likeness (QED) is 0.373. The number of hydrogen-bond acceptors (Lipinski definition) is 6. The van der Waals surface area contributed by atoms with Crippen molar-refractivity contribution in [2.75, 3.05) is 13.2 Å². The van der Waals surface area contributed by atoms with E-state index in [9.17, 15) is 4.79 Å². The van der Waals surface area contributed by atoms with Crippen LogP contribution in [-0.4, -0.2) is 40.2 Å². The van der Waals surface area contributed by atoms with E-state index in [2.05, 4.69) is 10.1 Å². The molecule has 2 heterocycles. The van der Waals surface area contributed by atoms with Crippen molar-refractivity contribution in [2.24, 2.45) is 10.1 Å². The first-order valence-corrected chi connectivity index (χ1v) is 11.9. The van der Waals surface area contributed by atoms with Gasteiger partial charge in [0, 0.05) is 5.56 Å². The Bertz CT molecular complexity index is 1360. The van der Waals surface area contributed by atoms with E-state index in [1.807, 2.05) is 85.8 Å². The summed E-state index contributed by atoms with van der Waals surface area (Å²) < 4.78 is 11.5. The number of amidine groups is 2. The summed E-state index contributed by atoms with van der Waals surface area (Å²) in [5.41, 5.74) is 2.95. The van der Waals surface area contributed by atoms with E-state index in [0.717, 1.165) is 22.4 Å². The van der Waals surface area contributed by atoms with Gasteiger partial charge in [-0.2, -0.15) is 15.1 Å². The van der Waals surface area contributed by atoms with Crippen molar-refractivity contribution in [3.63, 3.8) is 0 Å². The van der Waals surface area contributed by atoms with Gasteiger partial charge in [-0.25, -0.2) is 0 Å². The lowest BCUT2D eigenvalue weighted by Gasteiger charge is -2.20. The molecular formula is C27H22N4O3S. The van der Waals surface area contributed by atoms with Crippen LogP contribution in [0.2, 0.25) is 0 Å². The van der Waals surface area contributed by atoms with Crippen molar-refractivity contribution in [3.8, 4) is 11.5 Å². The van der Waals surface area contributed by atoms with Crippen LogP contribution < -0.4 is 9.47 Å². The van der Waals surface area contributed by atoms with Crippen LogP contribution in [-0.2, 0) is 4.79 Å². The number of rotatable bonds is 7. The van der Waals surface area contributed by atoms with Gasteiger partial charge in [-0.3, -0.25) is 10.2 Å². The van der Waals surface area contributed by atoms with Gasteiger partial charge in [0.2, 0.25) is 5.17 Å². The number of ether oxygens (including phenoxy) is 2. The molecule has 3 aromatic rings. The van der Waals surface area contributed by atoms with Gasteiger partial charge < -0.3 is 9.47 Å². The molecule has 0 spiro atoms. The SMILES string of the molecule is Cc1ccccc1OCCOc1ccc(/C=C2/C(=N)N3N=C(c4ccccc4)SC3=NC2=O)cc1. The largest absolute Gasteiger partial charge is 0.490 e. The number of thioether (sulfide) groups is 1. The predicted molar refractivity (Wildman–Crippen MR) is 139 cm³/mol. The Kier molecular flexibility index (Phi) is 6.45. The third kappa shape index (κ3) is 5.02. The lowest BCUT2D eigenvalue weighted by molar-refractivity contribution is -0.114. The Hall–Kier alpha value is -4.17. The van der Waals surface area contributed by atoms with Crippen molar-refractivity contribution >= 4 is 39.8 Å². The zero-order chi connectivity index (χ0) is 24.2. The highest BCUT2D eigenvalue weighted by atomic mass is 32.2. The minimum absolute atomic E-state index is 0.00659. The standard InChI is InChI=1S/C27H22N4O3S/c1-18-7-5-6-10-23(18)34-16-15-33-21-13-11-19(12-14-21)17-22-24(28)31-27(29-25(22)32)35-26(30-31)20-8-3-2-4-9-20/h2-14,17,28H,15-16H2,1H3/b22-17-,28-24?. The fraction of sp³-hybridized carbons (Fsp3) is 0.111. The van der Waals surface area contributed by atoms with Crippen LogP contribution in [0.4, 0.5) is 0 Å². The second-order valence-electron chi connectivity index (χ2n) is 7.82. The van der Waals surface area contributed by atoms with E-state index >= 15 is 0 Å². The number of nitrogens with one attached hydrogen (secondary N) is 1. The summed E-state index contributed by atoms with van der Waals surface area (Å²) >= 11 is 1.28. The Morgan fingerprint density at radius 2 is 1.66 bits per heavy atom. The zero-order valence-corrected chi connectivity index (χ0v) is 19.8. The van der Waals surface area contributed by atoms with Gasteiger partial charge in [0.05, 0.1) is 5.57 Å².